The topological polar surface area (TPSA) is 61.2 Å². The van der Waals surface area contributed by atoms with Crippen molar-refractivity contribution in [2.75, 3.05) is 0 Å². The minimum absolute atomic E-state index is 0.00429. The zero-order valence-electron chi connectivity index (χ0n) is 15.7. The predicted octanol–water partition coefficient (Wildman–Crippen LogP) is 4.98. The summed E-state index contributed by atoms with van der Waals surface area (Å²) in [6.45, 7) is 3.81. The van der Waals surface area contributed by atoms with Gasteiger partial charge in [0.05, 0.1) is 11.3 Å². The van der Waals surface area contributed by atoms with Gasteiger partial charge in [-0.15, -0.1) is 11.3 Å². The first-order valence-corrected chi connectivity index (χ1v) is 11.0. The summed E-state index contributed by atoms with van der Waals surface area (Å²) >= 11 is 0.990. The fourth-order valence-corrected chi connectivity index (χ4v) is 5.11. The van der Waals surface area contributed by atoms with Crippen LogP contribution < -0.4 is 4.74 Å². The SMILES string of the molecule is CC(C)Cc1cc(COc2cccc(C(F)(F)F)c2)n(S(=O)(=O)c2nccs2)c1. The predicted molar refractivity (Wildman–Crippen MR) is 103 cm³/mol. The van der Waals surface area contributed by atoms with Crippen LogP contribution in [0.5, 0.6) is 5.75 Å². The van der Waals surface area contributed by atoms with Gasteiger partial charge in [0.25, 0.3) is 10.0 Å². The molecule has 2 heterocycles. The summed E-state index contributed by atoms with van der Waals surface area (Å²) in [6.07, 6.45) is -0.925. The van der Waals surface area contributed by atoms with Crippen molar-refractivity contribution < 1.29 is 26.3 Å². The van der Waals surface area contributed by atoms with Crippen molar-refractivity contribution in [2.24, 2.45) is 5.92 Å². The van der Waals surface area contributed by atoms with Crippen molar-refractivity contribution in [3.8, 4) is 5.75 Å². The molecule has 0 saturated carbocycles. The van der Waals surface area contributed by atoms with Crippen molar-refractivity contribution in [1.29, 1.82) is 0 Å². The van der Waals surface area contributed by atoms with Gasteiger partial charge in [0, 0.05) is 17.8 Å². The quantitative estimate of drug-likeness (QED) is 0.516. The Morgan fingerprint density at radius 3 is 2.62 bits per heavy atom. The van der Waals surface area contributed by atoms with Gasteiger partial charge in [-0.25, -0.2) is 8.96 Å². The molecule has 5 nitrogen and oxygen atoms in total. The average Bonchev–Trinajstić information content (AvgIpc) is 3.29. The van der Waals surface area contributed by atoms with Crippen molar-refractivity contribution in [1.82, 2.24) is 8.96 Å². The van der Waals surface area contributed by atoms with E-state index < -0.39 is 21.8 Å². The number of alkyl halides is 3. The van der Waals surface area contributed by atoms with Crippen LogP contribution in [0.3, 0.4) is 0 Å². The van der Waals surface area contributed by atoms with Gasteiger partial charge in [-0.05, 0) is 42.2 Å². The average molecular weight is 445 g/mol. The van der Waals surface area contributed by atoms with E-state index in [1.807, 2.05) is 13.8 Å². The van der Waals surface area contributed by atoms with Crippen LogP contribution in [0.25, 0.3) is 0 Å². The third-order valence-corrected chi connectivity index (χ3v) is 6.89. The van der Waals surface area contributed by atoms with E-state index in [-0.39, 0.29) is 16.7 Å². The van der Waals surface area contributed by atoms with Crippen LogP contribution in [-0.4, -0.2) is 17.4 Å². The van der Waals surface area contributed by atoms with Crippen LogP contribution in [0.4, 0.5) is 13.2 Å². The Morgan fingerprint density at radius 2 is 2.00 bits per heavy atom. The Kier molecular flexibility index (Phi) is 6.04. The molecule has 0 aliphatic rings. The Labute approximate surface area is 170 Å². The molecule has 0 spiro atoms. The van der Waals surface area contributed by atoms with Gasteiger partial charge < -0.3 is 4.74 Å². The van der Waals surface area contributed by atoms with E-state index in [2.05, 4.69) is 4.98 Å². The monoisotopic (exact) mass is 444 g/mol. The maximum Gasteiger partial charge on any atom is 0.416 e. The van der Waals surface area contributed by atoms with E-state index in [1.54, 1.807) is 11.4 Å². The first-order valence-electron chi connectivity index (χ1n) is 8.72. The molecule has 2 aromatic heterocycles. The van der Waals surface area contributed by atoms with E-state index >= 15 is 0 Å². The number of ether oxygens (including phenoxy) is 1. The molecule has 29 heavy (non-hydrogen) atoms. The minimum Gasteiger partial charge on any atom is -0.487 e. The van der Waals surface area contributed by atoms with E-state index in [4.69, 9.17) is 4.74 Å². The highest BCUT2D eigenvalue weighted by atomic mass is 32.2. The van der Waals surface area contributed by atoms with Crippen LogP contribution in [0, 0.1) is 5.92 Å². The highest BCUT2D eigenvalue weighted by Crippen LogP contribution is 2.31. The second kappa shape index (κ2) is 8.19. The third kappa shape index (κ3) is 4.99. The standard InChI is InChI=1S/C19H19F3N2O3S2/c1-13(2)8-14-9-16(24(11-14)29(25,26)18-23-6-7-28-18)12-27-17-5-3-4-15(10-17)19(20,21)22/h3-7,9-11,13H,8,12H2,1-2H3. The van der Waals surface area contributed by atoms with Gasteiger partial charge in [0.15, 0.2) is 0 Å². The van der Waals surface area contributed by atoms with Crippen LogP contribution in [0.1, 0.15) is 30.7 Å². The second-order valence-corrected chi connectivity index (χ2v) is 9.73. The molecule has 0 radical (unpaired) electrons. The smallest absolute Gasteiger partial charge is 0.416 e. The Bertz CT molecular complexity index is 1070. The molecule has 0 bridgehead atoms. The summed E-state index contributed by atoms with van der Waals surface area (Å²) < 4.78 is 71.0. The Balaban J connectivity index is 1.91. The summed E-state index contributed by atoms with van der Waals surface area (Å²) in [7, 11) is -3.91. The molecule has 0 saturated heterocycles. The molecular weight excluding hydrogens is 425 g/mol. The lowest BCUT2D eigenvalue weighted by molar-refractivity contribution is -0.137. The van der Waals surface area contributed by atoms with Gasteiger partial charge in [0.2, 0.25) is 4.34 Å². The van der Waals surface area contributed by atoms with E-state index in [0.717, 1.165) is 33.0 Å². The Hall–Kier alpha value is -2.33. The summed E-state index contributed by atoms with van der Waals surface area (Å²) in [5.74, 6) is 0.301. The first-order chi connectivity index (χ1) is 13.6. The normalized spacial score (nSPS) is 12.5. The number of hydrogen-bond acceptors (Lipinski definition) is 5. The molecule has 0 aliphatic heterocycles. The summed E-state index contributed by atoms with van der Waals surface area (Å²) in [5, 5.41) is 1.56. The number of thiazole rings is 1. The number of aromatic nitrogens is 2. The Morgan fingerprint density at radius 1 is 1.24 bits per heavy atom. The lowest BCUT2D eigenvalue weighted by Crippen LogP contribution is -2.16. The van der Waals surface area contributed by atoms with E-state index in [1.165, 1.54) is 24.5 Å². The summed E-state index contributed by atoms with van der Waals surface area (Å²) in [6, 6.07) is 6.17. The molecule has 0 amide bonds. The molecule has 0 unspecified atom stereocenters. The molecule has 0 aliphatic carbocycles. The van der Waals surface area contributed by atoms with Crippen LogP contribution in [-0.2, 0) is 29.2 Å². The molecule has 0 atom stereocenters. The molecule has 0 N–H and O–H groups in total. The minimum atomic E-state index is -4.49. The van der Waals surface area contributed by atoms with Crippen LogP contribution in [0.2, 0.25) is 0 Å². The number of hydrogen-bond donors (Lipinski definition) is 0. The summed E-state index contributed by atoms with van der Waals surface area (Å²) in [4.78, 5) is 3.88. The van der Waals surface area contributed by atoms with Gasteiger partial charge in [-0.1, -0.05) is 19.9 Å². The number of benzene rings is 1. The van der Waals surface area contributed by atoms with Gasteiger partial charge >= 0.3 is 6.18 Å². The molecule has 0 fully saturated rings. The van der Waals surface area contributed by atoms with Crippen molar-refractivity contribution in [2.45, 2.75) is 37.4 Å². The molecule has 1 aromatic carbocycles. The van der Waals surface area contributed by atoms with Crippen LogP contribution >= 0.6 is 11.3 Å². The molecule has 3 aromatic rings. The lowest BCUT2D eigenvalue weighted by atomic mass is 10.1. The van der Waals surface area contributed by atoms with E-state index in [0.29, 0.717) is 18.0 Å². The van der Waals surface area contributed by atoms with Gasteiger partial charge in [-0.3, -0.25) is 0 Å². The van der Waals surface area contributed by atoms with Gasteiger partial charge in [-0.2, -0.15) is 21.6 Å². The van der Waals surface area contributed by atoms with Crippen molar-refractivity contribution in [3.05, 3.63) is 64.9 Å². The highest BCUT2D eigenvalue weighted by molar-refractivity contribution is 7.91. The largest absolute Gasteiger partial charge is 0.487 e. The number of halogens is 3. The fraction of sp³-hybridized carbons (Fsp3) is 0.316. The third-order valence-electron chi connectivity index (χ3n) is 4.00. The van der Waals surface area contributed by atoms with E-state index in [9.17, 15) is 21.6 Å². The van der Waals surface area contributed by atoms with Crippen LogP contribution in [0.15, 0.2) is 52.4 Å². The van der Waals surface area contributed by atoms with Crippen molar-refractivity contribution in [3.63, 3.8) is 0 Å². The zero-order chi connectivity index (χ0) is 21.2. The molecule has 10 heteroatoms. The number of nitrogens with zero attached hydrogens (tertiary/aromatic N) is 2. The maximum absolute atomic E-state index is 12.9. The highest BCUT2D eigenvalue weighted by Gasteiger charge is 2.30. The molecule has 3 rings (SSSR count). The molecule has 156 valence electrons. The summed E-state index contributed by atoms with van der Waals surface area (Å²) in [5.41, 5.74) is 0.275. The molecular formula is C19H19F3N2O3S2. The lowest BCUT2D eigenvalue weighted by Gasteiger charge is -2.12. The first kappa shape index (κ1) is 21.4. The maximum atomic E-state index is 12.9. The van der Waals surface area contributed by atoms with Gasteiger partial charge in [0.1, 0.15) is 12.4 Å². The second-order valence-electron chi connectivity index (χ2n) is 6.85. The fourth-order valence-electron chi connectivity index (χ4n) is 2.80. The zero-order valence-corrected chi connectivity index (χ0v) is 17.3. The van der Waals surface area contributed by atoms with Crippen molar-refractivity contribution >= 4 is 21.4 Å². The number of rotatable bonds is 7.